The van der Waals surface area contributed by atoms with E-state index in [9.17, 15) is 0 Å². The van der Waals surface area contributed by atoms with Crippen LogP contribution in [-0.2, 0) is 20.0 Å². The molecular weight excluding hydrogens is 340 g/mol. The molecule has 0 aromatic carbocycles. The highest BCUT2D eigenvalue weighted by molar-refractivity contribution is 5.41. The van der Waals surface area contributed by atoms with Crippen LogP contribution in [0.1, 0.15) is 48.9 Å². The highest BCUT2D eigenvalue weighted by atomic mass is 15.3. The van der Waals surface area contributed by atoms with Gasteiger partial charge in [0, 0.05) is 50.2 Å². The zero-order valence-corrected chi connectivity index (χ0v) is 16.2. The van der Waals surface area contributed by atoms with Crippen molar-refractivity contribution < 1.29 is 0 Å². The quantitative estimate of drug-likeness (QED) is 0.688. The average Bonchev–Trinajstić information content (AvgIpc) is 3.32. The zero-order chi connectivity index (χ0) is 18.8. The molecule has 1 aliphatic heterocycles. The van der Waals surface area contributed by atoms with Crippen molar-refractivity contribution in [3.05, 3.63) is 47.7 Å². The van der Waals surface area contributed by atoms with Gasteiger partial charge in [0.2, 0.25) is 0 Å². The van der Waals surface area contributed by atoms with Gasteiger partial charge >= 0.3 is 0 Å². The highest BCUT2D eigenvalue weighted by Crippen LogP contribution is 2.28. The summed E-state index contributed by atoms with van der Waals surface area (Å²) in [6.45, 7) is 6.67. The van der Waals surface area contributed by atoms with E-state index in [4.69, 9.17) is 0 Å². The van der Waals surface area contributed by atoms with Gasteiger partial charge in [-0.25, -0.2) is 9.97 Å². The molecular formula is C19H26N8. The van der Waals surface area contributed by atoms with Gasteiger partial charge in [-0.3, -0.25) is 4.68 Å². The number of hydrogen-bond donors (Lipinski definition) is 0. The van der Waals surface area contributed by atoms with E-state index in [2.05, 4.69) is 54.8 Å². The Hall–Kier alpha value is -2.77. The summed E-state index contributed by atoms with van der Waals surface area (Å²) in [5, 5.41) is 13.2. The second-order valence-corrected chi connectivity index (χ2v) is 7.14. The summed E-state index contributed by atoms with van der Waals surface area (Å²) in [7, 11) is 2.05. The van der Waals surface area contributed by atoms with Crippen molar-refractivity contribution in [2.75, 3.05) is 18.0 Å². The van der Waals surface area contributed by atoms with E-state index >= 15 is 0 Å². The van der Waals surface area contributed by atoms with Gasteiger partial charge in [-0.1, -0.05) is 6.92 Å². The first-order chi connectivity index (χ1) is 13.1. The van der Waals surface area contributed by atoms with Crippen LogP contribution >= 0.6 is 0 Å². The van der Waals surface area contributed by atoms with Gasteiger partial charge in [0.05, 0.1) is 0 Å². The molecule has 1 unspecified atom stereocenters. The van der Waals surface area contributed by atoms with Crippen molar-refractivity contribution in [1.82, 2.24) is 34.5 Å². The van der Waals surface area contributed by atoms with Crippen LogP contribution in [0.3, 0.4) is 0 Å². The first-order valence-electron chi connectivity index (χ1n) is 9.59. The molecule has 1 fully saturated rings. The van der Waals surface area contributed by atoms with Crippen LogP contribution in [0.5, 0.6) is 0 Å². The Bertz CT molecular complexity index is 899. The van der Waals surface area contributed by atoms with Crippen LogP contribution in [0.25, 0.3) is 0 Å². The number of piperidine rings is 1. The molecule has 142 valence electrons. The topological polar surface area (TPSA) is 77.5 Å². The predicted molar refractivity (Wildman–Crippen MR) is 103 cm³/mol. The van der Waals surface area contributed by atoms with Crippen molar-refractivity contribution in [2.45, 2.75) is 45.6 Å². The predicted octanol–water partition coefficient (Wildman–Crippen LogP) is 2.10. The molecule has 0 amide bonds. The van der Waals surface area contributed by atoms with E-state index in [1.807, 2.05) is 23.9 Å². The van der Waals surface area contributed by atoms with E-state index < -0.39 is 0 Å². The van der Waals surface area contributed by atoms with Gasteiger partial charge in [0.15, 0.2) is 5.82 Å². The number of aromatic nitrogens is 7. The Morgan fingerprint density at radius 3 is 2.89 bits per heavy atom. The highest BCUT2D eigenvalue weighted by Gasteiger charge is 2.27. The van der Waals surface area contributed by atoms with Gasteiger partial charge in [0.25, 0.3) is 0 Å². The lowest BCUT2D eigenvalue weighted by Crippen LogP contribution is -2.36. The number of hydrogen-bond acceptors (Lipinski definition) is 6. The molecule has 1 saturated heterocycles. The Morgan fingerprint density at radius 2 is 2.11 bits per heavy atom. The molecule has 4 rings (SSSR count). The molecule has 3 aromatic heterocycles. The summed E-state index contributed by atoms with van der Waals surface area (Å²) in [6, 6.07) is 4.04. The minimum absolute atomic E-state index is 0.350. The maximum Gasteiger partial charge on any atom is 0.154 e. The SMILES string of the molecule is CCc1cc(N2CCCC(c3nnc(Cn4cccn4)n3C)C2)nc(C)n1. The Morgan fingerprint density at radius 1 is 1.22 bits per heavy atom. The van der Waals surface area contributed by atoms with Gasteiger partial charge < -0.3 is 9.47 Å². The van der Waals surface area contributed by atoms with Crippen LogP contribution in [0.15, 0.2) is 24.5 Å². The molecule has 4 heterocycles. The normalized spacial score (nSPS) is 17.4. The molecule has 27 heavy (non-hydrogen) atoms. The lowest BCUT2D eigenvalue weighted by Gasteiger charge is -2.33. The van der Waals surface area contributed by atoms with E-state index in [1.54, 1.807) is 6.20 Å². The summed E-state index contributed by atoms with van der Waals surface area (Å²) < 4.78 is 4.00. The molecule has 0 aliphatic carbocycles. The number of aryl methyl sites for hydroxylation is 2. The van der Waals surface area contributed by atoms with Crippen molar-refractivity contribution in [3.8, 4) is 0 Å². The molecule has 3 aromatic rings. The molecule has 8 heteroatoms. The second kappa shape index (κ2) is 7.46. The van der Waals surface area contributed by atoms with Gasteiger partial charge in [-0.15, -0.1) is 10.2 Å². The minimum Gasteiger partial charge on any atom is -0.356 e. The van der Waals surface area contributed by atoms with E-state index in [0.717, 1.165) is 61.3 Å². The van der Waals surface area contributed by atoms with Gasteiger partial charge in [-0.2, -0.15) is 5.10 Å². The number of anilines is 1. The third-order valence-corrected chi connectivity index (χ3v) is 5.21. The van der Waals surface area contributed by atoms with Crippen LogP contribution in [0.2, 0.25) is 0 Å². The Kier molecular flexibility index (Phi) is 4.87. The fourth-order valence-corrected chi connectivity index (χ4v) is 3.76. The third-order valence-electron chi connectivity index (χ3n) is 5.21. The van der Waals surface area contributed by atoms with Crippen LogP contribution < -0.4 is 4.90 Å². The lowest BCUT2D eigenvalue weighted by atomic mass is 9.97. The molecule has 0 radical (unpaired) electrons. The molecule has 0 bridgehead atoms. The molecule has 0 spiro atoms. The lowest BCUT2D eigenvalue weighted by molar-refractivity contribution is 0.474. The molecule has 1 aliphatic rings. The summed E-state index contributed by atoms with van der Waals surface area (Å²) in [5.74, 6) is 4.19. The maximum atomic E-state index is 4.67. The first kappa shape index (κ1) is 17.6. The summed E-state index contributed by atoms with van der Waals surface area (Å²) in [5.41, 5.74) is 1.10. The fraction of sp³-hybridized carbons (Fsp3) is 0.526. The van der Waals surface area contributed by atoms with Crippen LogP contribution in [0.4, 0.5) is 5.82 Å². The van der Waals surface area contributed by atoms with Crippen molar-refractivity contribution in [2.24, 2.45) is 7.05 Å². The maximum absolute atomic E-state index is 4.67. The fourth-order valence-electron chi connectivity index (χ4n) is 3.76. The first-order valence-corrected chi connectivity index (χ1v) is 9.59. The van der Waals surface area contributed by atoms with Crippen LogP contribution in [0, 0.1) is 6.92 Å². The van der Waals surface area contributed by atoms with Gasteiger partial charge in [-0.05, 0) is 32.3 Å². The zero-order valence-electron chi connectivity index (χ0n) is 16.2. The molecule has 1 atom stereocenters. The van der Waals surface area contributed by atoms with E-state index in [1.165, 1.54) is 0 Å². The minimum atomic E-state index is 0.350. The van der Waals surface area contributed by atoms with Crippen LogP contribution in [-0.4, -0.2) is 47.6 Å². The molecule has 0 N–H and O–H groups in total. The average molecular weight is 366 g/mol. The largest absolute Gasteiger partial charge is 0.356 e. The molecule has 0 saturated carbocycles. The Labute approximate surface area is 159 Å². The number of rotatable bonds is 5. The molecule has 8 nitrogen and oxygen atoms in total. The third kappa shape index (κ3) is 3.70. The number of nitrogens with zero attached hydrogens (tertiary/aromatic N) is 8. The van der Waals surface area contributed by atoms with Crippen molar-refractivity contribution in [3.63, 3.8) is 0 Å². The summed E-state index contributed by atoms with van der Waals surface area (Å²) >= 11 is 0. The monoisotopic (exact) mass is 366 g/mol. The summed E-state index contributed by atoms with van der Waals surface area (Å²) in [4.78, 5) is 11.5. The van der Waals surface area contributed by atoms with E-state index in [-0.39, 0.29) is 0 Å². The van der Waals surface area contributed by atoms with Gasteiger partial charge in [0.1, 0.15) is 24.0 Å². The standard InChI is InChI=1S/C19H26N8/c1-4-16-11-17(22-14(2)21-16)26-9-5-7-15(12-26)19-24-23-18(25(19)3)13-27-10-6-8-20-27/h6,8,10-11,15H,4-5,7,9,12-13H2,1-3H3. The van der Waals surface area contributed by atoms with Crippen molar-refractivity contribution >= 4 is 5.82 Å². The smallest absolute Gasteiger partial charge is 0.154 e. The second-order valence-electron chi connectivity index (χ2n) is 7.14. The Balaban J connectivity index is 1.53. The van der Waals surface area contributed by atoms with E-state index in [0.29, 0.717) is 12.5 Å². The summed E-state index contributed by atoms with van der Waals surface area (Å²) in [6.07, 6.45) is 6.89. The van der Waals surface area contributed by atoms with Crippen molar-refractivity contribution in [1.29, 1.82) is 0 Å².